The van der Waals surface area contributed by atoms with E-state index in [2.05, 4.69) is 29.2 Å². The topological polar surface area (TPSA) is 29.3 Å². The number of nitrogens with zero attached hydrogens (tertiary/aromatic N) is 1. The summed E-state index contributed by atoms with van der Waals surface area (Å²) in [5.74, 6) is 1.91. The smallest absolute Gasteiger partial charge is 0.0399 e. The Morgan fingerprint density at radius 1 is 1.00 bits per heavy atom. The average Bonchev–Trinajstić information content (AvgIpc) is 3.24. The highest BCUT2D eigenvalue weighted by Crippen LogP contribution is 2.36. The summed E-state index contributed by atoms with van der Waals surface area (Å²) in [4.78, 5) is 2.64. The molecule has 2 fully saturated rings. The molecule has 2 nitrogen and oxygen atoms in total. The molecule has 0 bridgehead atoms. The van der Waals surface area contributed by atoms with Crippen LogP contribution in [0.2, 0.25) is 0 Å². The monoisotopic (exact) mass is 244 g/mol. The van der Waals surface area contributed by atoms with Crippen molar-refractivity contribution in [1.82, 2.24) is 0 Å². The fraction of sp³-hybridized carbons (Fsp3) is 0.625. The second-order valence-electron chi connectivity index (χ2n) is 5.96. The minimum atomic E-state index is 0.748. The Morgan fingerprint density at radius 2 is 1.61 bits per heavy atom. The Kier molecular flexibility index (Phi) is 3.55. The molecule has 1 aromatic rings. The maximum Gasteiger partial charge on any atom is 0.0399 e. The van der Waals surface area contributed by atoms with Crippen LogP contribution in [0.3, 0.4) is 0 Å². The average molecular weight is 244 g/mol. The van der Waals surface area contributed by atoms with Crippen molar-refractivity contribution in [2.75, 3.05) is 24.5 Å². The molecule has 1 aromatic carbocycles. The minimum Gasteiger partial charge on any atom is -0.371 e. The zero-order valence-electron chi connectivity index (χ0n) is 11.1. The molecule has 0 heterocycles. The molecule has 2 saturated carbocycles. The maximum absolute atomic E-state index is 5.74. The van der Waals surface area contributed by atoms with Crippen LogP contribution in [0.4, 0.5) is 5.69 Å². The molecule has 2 N–H and O–H groups in total. The van der Waals surface area contributed by atoms with Gasteiger partial charge in [-0.1, -0.05) is 18.2 Å². The Bertz CT molecular complexity index is 380. The number of rotatable bonds is 7. The van der Waals surface area contributed by atoms with Gasteiger partial charge in [0.15, 0.2) is 0 Å². The number of hydrogen-bond donors (Lipinski definition) is 1. The molecule has 2 aliphatic rings. The largest absolute Gasteiger partial charge is 0.371 e. The number of benzene rings is 1. The number of hydrogen-bond acceptors (Lipinski definition) is 2. The molecular weight excluding hydrogens is 220 g/mol. The third-order valence-corrected chi connectivity index (χ3v) is 4.10. The van der Waals surface area contributed by atoms with E-state index in [0.717, 1.165) is 24.8 Å². The van der Waals surface area contributed by atoms with Gasteiger partial charge >= 0.3 is 0 Å². The summed E-state index contributed by atoms with van der Waals surface area (Å²) in [5, 5.41) is 0. The zero-order valence-corrected chi connectivity index (χ0v) is 11.1. The van der Waals surface area contributed by atoms with Gasteiger partial charge in [-0.05, 0) is 62.1 Å². The van der Waals surface area contributed by atoms with Gasteiger partial charge in [0.2, 0.25) is 0 Å². The lowest BCUT2D eigenvalue weighted by Gasteiger charge is -2.27. The molecule has 0 aliphatic heterocycles. The summed E-state index contributed by atoms with van der Waals surface area (Å²) in [6.07, 6.45) is 6.73. The van der Waals surface area contributed by atoms with Gasteiger partial charge in [-0.25, -0.2) is 0 Å². The fourth-order valence-electron chi connectivity index (χ4n) is 2.68. The van der Waals surface area contributed by atoms with Crippen LogP contribution in [-0.2, 0) is 6.42 Å². The van der Waals surface area contributed by atoms with Crippen LogP contribution in [0.15, 0.2) is 24.3 Å². The normalized spacial score (nSPS) is 18.9. The van der Waals surface area contributed by atoms with Gasteiger partial charge in [-0.15, -0.1) is 0 Å². The van der Waals surface area contributed by atoms with Gasteiger partial charge in [0.1, 0.15) is 0 Å². The Balaban J connectivity index is 1.77. The third kappa shape index (κ3) is 3.05. The second-order valence-corrected chi connectivity index (χ2v) is 5.96. The molecule has 0 amide bonds. The molecular formula is C16H24N2. The van der Waals surface area contributed by atoms with Crippen molar-refractivity contribution in [2.45, 2.75) is 32.1 Å². The first kappa shape index (κ1) is 12.0. The number of para-hydroxylation sites is 1. The highest BCUT2D eigenvalue weighted by atomic mass is 15.1. The predicted octanol–water partition coefficient (Wildman–Crippen LogP) is 2.81. The molecule has 18 heavy (non-hydrogen) atoms. The van der Waals surface area contributed by atoms with E-state index in [4.69, 9.17) is 5.73 Å². The lowest BCUT2D eigenvalue weighted by Crippen LogP contribution is -2.29. The van der Waals surface area contributed by atoms with E-state index in [1.54, 1.807) is 0 Å². The number of nitrogens with two attached hydrogens (primary N) is 1. The third-order valence-electron chi connectivity index (χ3n) is 4.10. The first-order valence-corrected chi connectivity index (χ1v) is 7.39. The van der Waals surface area contributed by atoms with Crippen molar-refractivity contribution >= 4 is 5.69 Å². The molecule has 2 heteroatoms. The van der Waals surface area contributed by atoms with Crippen LogP contribution in [0.5, 0.6) is 0 Å². The number of anilines is 1. The van der Waals surface area contributed by atoms with Crippen molar-refractivity contribution in [2.24, 2.45) is 17.6 Å². The molecule has 0 radical (unpaired) electrons. The maximum atomic E-state index is 5.74. The van der Waals surface area contributed by atoms with Crippen LogP contribution in [-0.4, -0.2) is 19.6 Å². The summed E-state index contributed by atoms with van der Waals surface area (Å²) in [6, 6.07) is 8.84. The van der Waals surface area contributed by atoms with Gasteiger partial charge < -0.3 is 10.6 Å². The lowest BCUT2D eigenvalue weighted by atomic mass is 10.1. The second kappa shape index (κ2) is 5.31. The SMILES string of the molecule is NCCc1ccccc1N(CC1CC1)CC1CC1. The van der Waals surface area contributed by atoms with E-state index in [-0.39, 0.29) is 0 Å². The Labute approximate surface area is 110 Å². The Hall–Kier alpha value is -1.02. The van der Waals surface area contributed by atoms with Crippen molar-refractivity contribution in [3.05, 3.63) is 29.8 Å². The van der Waals surface area contributed by atoms with Crippen LogP contribution in [0, 0.1) is 11.8 Å². The van der Waals surface area contributed by atoms with Gasteiger partial charge in [0, 0.05) is 18.8 Å². The summed E-state index contributed by atoms with van der Waals surface area (Å²) < 4.78 is 0. The molecule has 0 spiro atoms. The highest BCUT2D eigenvalue weighted by Gasteiger charge is 2.29. The van der Waals surface area contributed by atoms with Crippen LogP contribution >= 0.6 is 0 Å². The summed E-state index contributed by atoms with van der Waals surface area (Å²) in [5.41, 5.74) is 8.62. The summed E-state index contributed by atoms with van der Waals surface area (Å²) in [7, 11) is 0. The van der Waals surface area contributed by atoms with Gasteiger partial charge in [-0.2, -0.15) is 0 Å². The van der Waals surface area contributed by atoms with Crippen molar-refractivity contribution in [3.63, 3.8) is 0 Å². The van der Waals surface area contributed by atoms with Crippen LogP contribution < -0.4 is 10.6 Å². The van der Waals surface area contributed by atoms with E-state index in [9.17, 15) is 0 Å². The van der Waals surface area contributed by atoms with Gasteiger partial charge in [0.25, 0.3) is 0 Å². The lowest BCUT2D eigenvalue weighted by molar-refractivity contribution is 0.676. The van der Waals surface area contributed by atoms with E-state index in [1.807, 2.05) is 0 Å². The quantitative estimate of drug-likeness (QED) is 0.799. The summed E-state index contributed by atoms with van der Waals surface area (Å²) in [6.45, 7) is 3.27. The zero-order chi connectivity index (χ0) is 12.4. The Morgan fingerprint density at radius 3 is 2.17 bits per heavy atom. The molecule has 0 unspecified atom stereocenters. The minimum absolute atomic E-state index is 0.748. The molecule has 98 valence electrons. The molecule has 0 saturated heterocycles. The van der Waals surface area contributed by atoms with Gasteiger partial charge in [0.05, 0.1) is 0 Å². The fourth-order valence-corrected chi connectivity index (χ4v) is 2.68. The first-order chi connectivity index (χ1) is 8.86. The van der Waals surface area contributed by atoms with E-state index in [0.29, 0.717) is 0 Å². The first-order valence-electron chi connectivity index (χ1n) is 7.39. The molecule has 3 rings (SSSR count). The standard InChI is InChI=1S/C16H24N2/c17-10-9-15-3-1-2-4-16(15)18(11-13-5-6-13)12-14-7-8-14/h1-4,13-14H,5-12,17H2. The van der Waals surface area contributed by atoms with E-state index >= 15 is 0 Å². The van der Waals surface area contributed by atoms with Crippen LogP contribution in [0.1, 0.15) is 31.2 Å². The van der Waals surface area contributed by atoms with Crippen molar-refractivity contribution in [1.29, 1.82) is 0 Å². The van der Waals surface area contributed by atoms with E-state index in [1.165, 1.54) is 50.0 Å². The molecule has 0 aromatic heterocycles. The molecule has 2 aliphatic carbocycles. The van der Waals surface area contributed by atoms with Gasteiger partial charge in [-0.3, -0.25) is 0 Å². The van der Waals surface area contributed by atoms with Crippen molar-refractivity contribution < 1.29 is 0 Å². The van der Waals surface area contributed by atoms with Crippen LogP contribution in [0.25, 0.3) is 0 Å². The van der Waals surface area contributed by atoms with Crippen molar-refractivity contribution in [3.8, 4) is 0 Å². The molecule has 0 atom stereocenters. The summed E-state index contributed by atoms with van der Waals surface area (Å²) >= 11 is 0. The predicted molar refractivity (Wildman–Crippen MR) is 76.9 cm³/mol. The van der Waals surface area contributed by atoms with E-state index < -0.39 is 0 Å². The highest BCUT2D eigenvalue weighted by molar-refractivity contribution is 5.54.